The van der Waals surface area contributed by atoms with E-state index in [9.17, 15) is 19.5 Å². The van der Waals surface area contributed by atoms with Crippen molar-refractivity contribution in [3.05, 3.63) is 64.2 Å². The molecule has 6 heteroatoms. The molecule has 0 radical (unpaired) electrons. The number of allylic oxidation sites excluding steroid dienone is 2. The monoisotopic (exact) mass is 352 g/mol. The van der Waals surface area contributed by atoms with Gasteiger partial charge in [0.2, 0.25) is 0 Å². The van der Waals surface area contributed by atoms with Crippen molar-refractivity contribution >= 4 is 23.1 Å². The molecule has 0 heterocycles. The summed E-state index contributed by atoms with van der Waals surface area (Å²) in [5.74, 6) is -1.64. The van der Waals surface area contributed by atoms with E-state index in [1.54, 1.807) is 19.1 Å². The van der Waals surface area contributed by atoms with Gasteiger partial charge in [0.15, 0.2) is 11.6 Å². The third kappa shape index (κ3) is 2.65. The van der Waals surface area contributed by atoms with Crippen LogP contribution in [0.4, 0.5) is 0 Å². The summed E-state index contributed by atoms with van der Waals surface area (Å²) in [5.41, 5.74) is 1.10. The Labute approximate surface area is 149 Å². The standard InChI is InChI=1S/C20H16O6/c1-10-7-13(20(24)26-3)17(16(8-10)25-2)12-9-15(22)18-11(19(12)23)5-4-6-14(18)21/h4-9,21H,1-3H3. The van der Waals surface area contributed by atoms with Crippen LogP contribution in [0.5, 0.6) is 11.5 Å². The molecule has 0 aliphatic heterocycles. The molecular weight excluding hydrogens is 336 g/mol. The summed E-state index contributed by atoms with van der Waals surface area (Å²) in [6.07, 6.45) is 1.12. The maximum Gasteiger partial charge on any atom is 0.338 e. The Morgan fingerprint density at radius 1 is 1.08 bits per heavy atom. The van der Waals surface area contributed by atoms with Crippen LogP contribution in [0.2, 0.25) is 0 Å². The van der Waals surface area contributed by atoms with Gasteiger partial charge in [0.25, 0.3) is 0 Å². The fourth-order valence-electron chi connectivity index (χ4n) is 3.05. The predicted octanol–water partition coefficient (Wildman–Crippen LogP) is 2.96. The Balaban J connectivity index is 2.30. The number of carbonyl (C=O) groups is 3. The maximum absolute atomic E-state index is 13.0. The summed E-state index contributed by atoms with van der Waals surface area (Å²) in [6, 6.07) is 7.52. The first-order valence-electron chi connectivity index (χ1n) is 7.79. The Morgan fingerprint density at radius 2 is 1.81 bits per heavy atom. The summed E-state index contributed by atoms with van der Waals surface area (Å²) in [7, 11) is 2.64. The van der Waals surface area contributed by atoms with Gasteiger partial charge in [-0.25, -0.2) is 4.79 Å². The number of carbonyl (C=O) groups excluding carboxylic acids is 3. The highest BCUT2D eigenvalue weighted by molar-refractivity contribution is 6.40. The fourth-order valence-corrected chi connectivity index (χ4v) is 3.05. The molecule has 3 rings (SSSR count). The SMILES string of the molecule is COC(=O)c1cc(C)cc(OC)c1C1=CC(=O)c2c(O)cccc2C1=O. The molecule has 1 N–H and O–H groups in total. The molecule has 0 amide bonds. The van der Waals surface area contributed by atoms with E-state index >= 15 is 0 Å². The van der Waals surface area contributed by atoms with Crippen LogP contribution in [0.1, 0.15) is 42.2 Å². The molecule has 0 bridgehead atoms. The normalized spacial score (nSPS) is 13.1. The number of methoxy groups -OCH3 is 2. The number of esters is 1. The van der Waals surface area contributed by atoms with E-state index in [0.717, 1.165) is 11.6 Å². The molecule has 2 aromatic rings. The van der Waals surface area contributed by atoms with Crippen molar-refractivity contribution in [1.29, 1.82) is 0 Å². The highest BCUT2D eigenvalue weighted by Crippen LogP contribution is 2.38. The van der Waals surface area contributed by atoms with Gasteiger partial charge in [0.05, 0.1) is 25.3 Å². The lowest BCUT2D eigenvalue weighted by molar-refractivity contribution is 0.0599. The minimum atomic E-state index is -0.648. The van der Waals surface area contributed by atoms with E-state index in [-0.39, 0.29) is 39.3 Å². The minimum absolute atomic E-state index is 0.0188. The van der Waals surface area contributed by atoms with Gasteiger partial charge >= 0.3 is 5.97 Å². The summed E-state index contributed by atoms with van der Waals surface area (Å²) in [4.78, 5) is 37.7. The molecular formula is C20H16O6. The average molecular weight is 352 g/mol. The number of aromatic hydroxyl groups is 1. The Hall–Kier alpha value is -3.41. The Bertz CT molecular complexity index is 984. The Morgan fingerprint density at radius 3 is 2.46 bits per heavy atom. The highest BCUT2D eigenvalue weighted by Gasteiger charge is 2.32. The van der Waals surface area contributed by atoms with E-state index in [0.29, 0.717) is 0 Å². The van der Waals surface area contributed by atoms with E-state index in [1.807, 2.05) is 0 Å². The third-order valence-electron chi connectivity index (χ3n) is 4.19. The molecule has 26 heavy (non-hydrogen) atoms. The quantitative estimate of drug-likeness (QED) is 0.854. The Kier molecular flexibility index (Phi) is 4.34. The van der Waals surface area contributed by atoms with Crippen molar-refractivity contribution in [3.8, 4) is 11.5 Å². The molecule has 0 saturated carbocycles. The topological polar surface area (TPSA) is 89.9 Å². The zero-order valence-corrected chi connectivity index (χ0v) is 14.5. The number of Topliss-reactive ketones (excluding diaryl/α,β-unsaturated/α-hetero) is 1. The molecule has 0 spiro atoms. The molecule has 1 aliphatic rings. The fraction of sp³-hybridized carbons (Fsp3) is 0.150. The van der Waals surface area contributed by atoms with E-state index in [4.69, 9.17) is 9.47 Å². The van der Waals surface area contributed by atoms with Crippen molar-refractivity contribution in [1.82, 2.24) is 0 Å². The van der Waals surface area contributed by atoms with Crippen LogP contribution in [0.3, 0.4) is 0 Å². The van der Waals surface area contributed by atoms with Gasteiger partial charge in [0.1, 0.15) is 11.5 Å². The highest BCUT2D eigenvalue weighted by atomic mass is 16.5. The number of hydrogen-bond acceptors (Lipinski definition) is 6. The smallest absolute Gasteiger partial charge is 0.338 e. The van der Waals surface area contributed by atoms with Gasteiger partial charge in [-0.15, -0.1) is 0 Å². The largest absolute Gasteiger partial charge is 0.507 e. The lowest BCUT2D eigenvalue weighted by atomic mass is 9.83. The summed E-state index contributed by atoms with van der Waals surface area (Å²) in [6.45, 7) is 1.77. The van der Waals surface area contributed by atoms with Crippen LogP contribution in [-0.4, -0.2) is 36.9 Å². The van der Waals surface area contributed by atoms with Crippen molar-refractivity contribution in [2.24, 2.45) is 0 Å². The molecule has 0 fully saturated rings. The molecule has 0 saturated heterocycles. The maximum atomic E-state index is 13.0. The van der Waals surface area contributed by atoms with Gasteiger partial charge in [-0.05, 0) is 36.8 Å². The average Bonchev–Trinajstić information content (AvgIpc) is 2.63. The summed E-state index contributed by atoms with van der Waals surface area (Å²) >= 11 is 0. The van der Waals surface area contributed by atoms with Gasteiger partial charge in [-0.1, -0.05) is 12.1 Å². The third-order valence-corrected chi connectivity index (χ3v) is 4.19. The van der Waals surface area contributed by atoms with Gasteiger partial charge in [-0.3, -0.25) is 9.59 Å². The number of ketones is 2. The lowest BCUT2D eigenvalue weighted by Gasteiger charge is -2.20. The second-order valence-corrected chi connectivity index (χ2v) is 5.83. The minimum Gasteiger partial charge on any atom is -0.507 e. The van der Waals surface area contributed by atoms with Crippen molar-refractivity contribution in [2.45, 2.75) is 6.92 Å². The van der Waals surface area contributed by atoms with E-state index in [1.165, 1.54) is 32.4 Å². The molecule has 0 unspecified atom stereocenters. The van der Waals surface area contributed by atoms with Gasteiger partial charge < -0.3 is 14.6 Å². The number of phenols is 1. The second-order valence-electron chi connectivity index (χ2n) is 5.83. The number of ether oxygens (including phenoxy) is 2. The van der Waals surface area contributed by atoms with Crippen molar-refractivity contribution < 1.29 is 29.0 Å². The summed E-state index contributed by atoms with van der Waals surface area (Å²) < 4.78 is 10.2. The second kappa shape index (κ2) is 6.48. The number of rotatable bonds is 3. The van der Waals surface area contributed by atoms with Crippen molar-refractivity contribution in [2.75, 3.05) is 14.2 Å². The number of hydrogen-bond donors (Lipinski definition) is 1. The lowest BCUT2D eigenvalue weighted by Crippen LogP contribution is -2.19. The van der Waals surface area contributed by atoms with E-state index < -0.39 is 17.5 Å². The number of phenolic OH excluding ortho intramolecular Hbond substituents is 1. The van der Waals surface area contributed by atoms with Crippen LogP contribution in [-0.2, 0) is 4.74 Å². The van der Waals surface area contributed by atoms with Crippen LogP contribution in [0, 0.1) is 6.92 Å². The molecule has 6 nitrogen and oxygen atoms in total. The van der Waals surface area contributed by atoms with Crippen LogP contribution in [0.15, 0.2) is 36.4 Å². The van der Waals surface area contributed by atoms with E-state index in [2.05, 4.69) is 0 Å². The first kappa shape index (κ1) is 17.4. The van der Waals surface area contributed by atoms with Gasteiger partial charge in [0, 0.05) is 16.7 Å². The van der Waals surface area contributed by atoms with Gasteiger partial charge in [-0.2, -0.15) is 0 Å². The van der Waals surface area contributed by atoms with Crippen molar-refractivity contribution in [3.63, 3.8) is 0 Å². The summed E-state index contributed by atoms with van der Waals surface area (Å²) in [5, 5.41) is 9.92. The zero-order chi connectivity index (χ0) is 19.0. The molecule has 2 aromatic carbocycles. The first-order chi connectivity index (χ1) is 12.4. The first-order valence-corrected chi connectivity index (χ1v) is 7.79. The number of fused-ring (bicyclic) bond motifs is 1. The number of benzene rings is 2. The molecule has 1 aliphatic carbocycles. The zero-order valence-electron chi connectivity index (χ0n) is 14.5. The molecule has 0 aromatic heterocycles. The van der Waals surface area contributed by atoms with Crippen LogP contribution < -0.4 is 4.74 Å². The van der Waals surface area contributed by atoms with Crippen LogP contribution >= 0.6 is 0 Å². The predicted molar refractivity (Wildman–Crippen MR) is 93.8 cm³/mol. The molecule has 0 atom stereocenters. The number of aryl methyl sites for hydroxylation is 1. The molecule has 132 valence electrons. The van der Waals surface area contributed by atoms with Crippen LogP contribution in [0.25, 0.3) is 5.57 Å².